The number of likely N-dealkylation sites (N-methyl/N-ethyl adjacent to an activating group) is 1. The maximum absolute atomic E-state index is 3.82. The molecule has 1 N–H and O–H groups in total. The zero-order valence-electron chi connectivity index (χ0n) is 10.8. The normalized spacial score (nSPS) is 13.1. The van der Waals surface area contributed by atoms with Crippen LogP contribution in [0.1, 0.15) is 39.0 Å². The van der Waals surface area contributed by atoms with Crippen molar-refractivity contribution in [2.75, 3.05) is 27.2 Å². The van der Waals surface area contributed by atoms with Crippen LogP contribution < -0.4 is 5.32 Å². The van der Waals surface area contributed by atoms with Gasteiger partial charge in [0.1, 0.15) is 0 Å². The first-order chi connectivity index (χ1) is 7.20. The van der Waals surface area contributed by atoms with Gasteiger partial charge in [-0.1, -0.05) is 32.3 Å². The Hall–Kier alpha value is -0.340. The average molecular weight is 212 g/mol. The molecule has 90 valence electrons. The van der Waals surface area contributed by atoms with Crippen molar-refractivity contribution >= 4 is 0 Å². The molecule has 0 fully saturated rings. The zero-order valence-corrected chi connectivity index (χ0v) is 10.8. The number of rotatable bonds is 10. The van der Waals surface area contributed by atoms with Gasteiger partial charge in [0, 0.05) is 19.1 Å². The molecule has 0 aromatic heterocycles. The minimum atomic E-state index is 0.633. The van der Waals surface area contributed by atoms with Gasteiger partial charge in [0.2, 0.25) is 0 Å². The first kappa shape index (κ1) is 14.7. The molecular formula is C13H28N2. The van der Waals surface area contributed by atoms with Crippen LogP contribution in [0, 0.1) is 0 Å². The second-order valence-electron chi connectivity index (χ2n) is 4.47. The molecule has 2 nitrogen and oxygen atoms in total. The van der Waals surface area contributed by atoms with Gasteiger partial charge in [-0.05, 0) is 26.9 Å². The lowest BCUT2D eigenvalue weighted by Gasteiger charge is -2.18. The third-order valence-corrected chi connectivity index (χ3v) is 2.60. The van der Waals surface area contributed by atoms with Crippen molar-refractivity contribution in [1.29, 1.82) is 0 Å². The van der Waals surface area contributed by atoms with E-state index in [1.807, 2.05) is 6.08 Å². The highest BCUT2D eigenvalue weighted by Crippen LogP contribution is 2.06. The van der Waals surface area contributed by atoms with E-state index in [0.717, 1.165) is 19.5 Å². The molecule has 0 aliphatic heterocycles. The minimum Gasteiger partial charge on any atom is -0.312 e. The summed E-state index contributed by atoms with van der Waals surface area (Å²) in [6, 6.07) is 0.633. The molecule has 0 rings (SSSR count). The van der Waals surface area contributed by atoms with Crippen LogP contribution in [-0.2, 0) is 0 Å². The van der Waals surface area contributed by atoms with Crippen molar-refractivity contribution in [3.8, 4) is 0 Å². The highest BCUT2D eigenvalue weighted by atomic mass is 15.1. The van der Waals surface area contributed by atoms with Gasteiger partial charge >= 0.3 is 0 Å². The molecule has 0 bridgehead atoms. The molecule has 0 amide bonds. The highest BCUT2D eigenvalue weighted by Gasteiger charge is 2.05. The van der Waals surface area contributed by atoms with E-state index in [2.05, 4.69) is 37.8 Å². The van der Waals surface area contributed by atoms with Crippen molar-refractivity contribution in [2.45, 2.75) is 45.1 Å². The molecule has 0 saturated carbocycles. The van der Waals surface area contributed by atoms with E-state index < -0.39 is 0 Å². The molecule has 15 heavy (non-hydrogen) atoms. The number of nitrogens with one attached hydrogen (secondary N) is 1. The van der Waals surface area contributed by atoms with Crippen LogP contribution in [0.4, 0.5) is 0 Å². The fraction of sp³-hybridized carbons (Fsp3) is 0.846. The van der Waals surface area contributed by atoms with Crippen LogP contribution in [-0.4, -0.2) is 38.1 Å². The Morgan fingerprint density at radius 1 is 1.33 bits per heavy atom. The molecule has 0 radical (unpaired) electrons. The highest BCUT2D eigenvalue weighted by molar-refractivity contribution is 4.78. The number of hydrogen-bond acceptors (Lipinski definition) is 2. The van der Waals surface area contributed by atoms with Crippen LogP contribution in [0.25, 0.3) is 0 Å². The van der Waals surface area contributed by atoms with E-state index in [1.165, 1.54) is 25.7 Å². The molecule has 0 aliphatic carbocycles. The van der Waals surface area contributed by atoms with Crippen LogP contribution in [0.15, 0.2) is 12.7 Å². The summed E-state index contributed by atoms with van der Waals surface area (Å²) in [4.78, 5) is 2.21. The lowest BCUT2D eigenvalue weighted by Crippen LogP contribution is -2.34. The molecule has 0 aromatic rings. The molecule has 0 heterocycles. The van der Waals surface area contributed by atoms with E-state index in [-0.39, 0.29) is 0 Å². The monoisotopic (exact) mass is 212 g/mol. The summed E-state index contributed by atoms with van der Waals surface area (Å²) in [7, 11) is 4.22. The van der Waals surface area contributed by atoms with Gasteiger partial charge in [-0.2, -0.15) is 0 Å². The maximum atomic E-state index is 3.82. The smallest absolute Gasteiger partial charge is 0.0102 e. The third-order valence-electron chi connectivity index (χ3n) is 2.60. The Kier molecular flexibility index (Phi) is 9.96. The topological polar surface area (TPSA) is 15.3 Å². The molecular weight excluding hydrogens is 184 g/mol. The Bertz CT molecular complexity index is 143. The van der Waals surface area contributed by atoms with Crippen LogP contribution in [0.3, 0.4) is 0 Å². The molecule has 0 aliphatic rings. The number of unbranched alkanes of at least 4 members (excludes halogenated alkanes) is 2. The van der Waals surface area contributed by atoms with Gasteiger partial charge < -0.3 is 10.2 Å². The van der Waals surface area contributed by atoms with Crippen molar-refractivity contribution in [3.05, 3.63) is 12.7 Å². The van der Waals surface area contributed by atoms with E-state index in [4.69, 9.17) is 0 Å². The molecule has 1 atom stereocenters. The fourth-order valence-corrected chi connectivity index (χ4v) is 1.64. The van der Waals surface area contributed by atoms with Gasteiger partial charge in [-0.3, -0.25) is 0 Å². The van der Waals surface area contributed by atoms with Gasteiger partial charge in [-0.25, -0.2) is 0 Å². The summed E-state index contributed by atoms with van der Waals surface area (Å²) < 4.78 is 0. The Balaban J connectivity index is 3.57. The van der Waals surface area contributed by atoms with Crippen LogP contribution in [0.5, 0.6) is 0 Å². The van der Waals surface area contributed by atoms with Gasteiger partial charge in [0.25, 0.3) is 0 Å². The Labute approximate surface area is 95.7 Å². The van der Waals surface area contributed by atoms with E-state index >= 15 is 0 Å². The third kappa shape index (κ3) is 9.95. The quantitative estimate of drug-likeness (QED) is 0.442. The van der Waals surface area contributed by atoms with Crippen LogP contribution in [0.2, 0.25) is 0 Å². The van der Waals surface area contributed by atoms with Crippen molar-refractivity contribution in [3.63, 3.8) is 0 Å². The summed E-state index contributed by atoms with van der Waals surface area (Å²) in [6.07, 6.45) is 8.40. The molecule has 1 unspecified atom stereocenters. The Morgan fingerprint density at radius 2 is 2.07 bits per heavy atom. The molecule has 0 saturated heterocycles. The summed E-state index contributed by atoms with van der Waals surface area (Å²) in [6.45, 7) is 8.27. The van der Waals surface area contributed by atoms with E-state index in [9.17, 15) is 0 Å². The predicted octanol–water partition coefficient (Wildman–Crippen LogP) is 2.66. The molecule has 2 heteroatoms. The van der Waals surface area contributed by atoms with Gasteiger partial charge in [0.05, 0.1) is 0 Å². The summed E-state index contributed by atoms with van der Waals surface area (Å²) >= 11 is 0. The van der Waals surface area contributed by atoms with Crippen molar-refractivity contribution < 1.29 is 0 Å². The Morgan fingerprint density at radius 3 is 2.60 bits per heavy atom. The van der Waals surface area contributed by atoms with Gasteiger partial charge in [-0.15, -0.1) is 6.58 Å². The maximum Gasteiger partial charge on any atom is 0.0102 e. The summed E-state index contributed by atoms with van der Waals surface area (Å²) in [5.74, 6) is 0. The second-order valence-corrected chi connectivity index (χ2v) is 4.47. The first-order valence-electron chi connectivity index (χ1n) is 6.19. The minimum absolute atomic E-state index is 0.633. The van der Waals surface area contributed by atoms with Crippen molar-refractivity contribution in [2.24, 2.45) is 0 Å². The average Bonchev–Trinajstić information content (AvgIpc) is 2.17. The van der Waals surface area contributed by atoms with E-state index in [0.29, 0.717) is 6.04 Å². The SMILES string of the molecule is C=CCC(CCCCC)NCCN(C)C. The number of hydrogen-bond donors (Lipinski definition) is 1. The predicted molar refractivity (Wildman–Crippen MR) is 69.3 cm³/mol. The second kappa shape index (κ2) is 10.2. The molecule has 0 spiro atoms. The number of nitrogens with zero attached hydrogens (tertiary/aromatic N) is 1. The molecule has 0 aromatic carbocycles. The van der Waals surface area contributed by atoms with Crippen molar-refractivity contribution in [1.82, 2.24) is 10.2 Å². The van der Waals surface area contributed by atoms with Gasteiger partial charge in [0.15, 0.2) is 0 Å². The van der Waals surface area contributed by atoms with E-state index in [1.54, 1.807) is 0 Å². The standard InChI is InChI=1S/C13H28N2/c1-5-7-8-10-13(9-6-2)14-11-12-15(3)4/h6,13-14H,2,5,7-12H2,1,3-4H3. The largest absolute Gasteiger partial charge is 0.312 e. The lowest BCUT2D eigenvalue weighted by atomic mass is 10.1. The van der Waals surface area contributed by atoms with Crippen LogP contribution >= 0.6 is 0 Å². The first-order valence-corrected chi connectivity index (χ1v) is 6.19. The summed E-state index contributed by atoms with van der Waals surface area (Å²) in [5.41, 5.74) is 0. The summed E-state index contributed by atoms with van der Waals surface area (Å²) in [5, 5.41) is 3.60. The fourth-order valence-electron chi connectivity index (χ4n) is 1.64. The zero-order chi connectivity index (χ0) is 11.5. The lowest BCUT2D eigenvalue weighted by molar-refractivity contribution is 0.373.